The Morgan fingerprint density at radius 1 is 0.585 bits per heavy atom. The molecule has 0 atom stereocenters. The molecule has 41 heavy (non-hydrogen) atoms. The summed E-state index contributed by atoms with van der Waals surface area (Å²) in [5, 5.41) is 8.16. The van der Waals surface area contributed by atoms with Gasteiger partial charge in [0.15, 0.2) is 0 Å². The van der Waals surface area contributed by atoms with Gasteiger partial charge < -0.3 is 24.1 Å². The first-order valence-corrected chi connectivity index (χ1v) is 14.8. The van der Waals surface area contributed by atoms with Crippen LogP contribution in [0.15, 0.2) is 0 Å². The number of hydrogen-bond acceptors (Lipinski definition) is 8. The molecule has 0 unspecified atom stereocenters. The number of aliphatic carboxylic acids is 1. The minimum atomic E-state index is -0.696. The van der Waals surface area contributed by atoms with Crippen molar-refractivity contribution in [2.75, 3.05) is 13.7 Å². The average Bonchev–Trinajstić information content (AvgIpc) is 2.77. The van der Waals surface area contributed by atoms with Crippen LogP contribution in [0.25, 0.3) is 0 Å². The van der Waals surface area contributed by atoms with E-state index < -0.39 is 11.6 Å². The molecule has 0 aliphatic heterocycles. The third-order valence-electron chi connectivity index (χ3n) is 4.39. The normalized spacial score (nSPS) is 11.0. The first kappa shape index (κ1) is 45.8. The molecule has 1 N–H and O–H groups in total. The Balaban J connectivity index is -0.000000226. The SMILES string of the molecule is CC(C)CCC(=O)O.CC(C)CCC(=O)OC(C)(C)C.CC(C)OCC(=O)OC(C)(C)C.COC(=O)CCC(C)C. The number of carbonyl (C=O) groups is 4. The zero-order valence-corrected chi connectivity index (χ0v) is 29.0. The van der Waals surface area contributed by atoms with Gasteiger partial charge in [-0.2, -0.15) is 0 Å². The number of rotatable bonds is 12. The Bertz CT molecular complexity index is 646. The standard InChI is InChI=1S/C10H20O2.C9H18O3.C7H14O2.C6H12O2/c1-8(2)6-7-9(11)12-10(3,4)5;1-7(2)11-6-8(10)12-9(3,4)5;1-6(2)4-5-7(8)9-3;1-5(2)3-4-6(7)8/h8H,6-7H2,1-5H3;7H,6H2,1-5H3;6H,4-5H2,1-3H3;5H,3-4H2,1-2H3,(H,7,8). The lowest BCUT2D eigenvalue weighted by Gasteiger charge is -2.19. The predicted octanol–water partition coefficient (Wildman–Crippen LogP) is 7.62. The number of methoxy groups -OCH3 is 1. The van der Waals surface area contributed by atoms with E-state index in [4.69, 9.17) is 19.3 Å². The maximum atomic E-state index is 11.1. The summed E-state index contributed by atoms with van der Waals surface area (Å²) in [6.45, 7) is 27.4. The lowest BCUT2D eigenvalue weighted by Crippen LogP contribution is -2.27. The van der Waals surface area contributed by atoms with Gasteiger partial charge in [0, 0.05) is 19.3 Å². The highest BCUT2D eigenvalue weighted by Gasteiger charge is 2.17. The number of carboxylic acids is 1. The van der Waals surface area contributed by atoms with Crippen molar-refractivity contribution in [1.29, 1.82) is 0 Å². The molecule has 0 aromatic rings. The van der Waals surface area contributed by atoms with Gasteiger partial charge in [0.1, 0.15) is 17.8 Å². The van der Waals surface area contributed by atoms with Crippen LogP contribution in [-0.4, -0.2) is 60.0 Å². The second-order valence-electron chi connectivity index (χ2n) is 13.3. The largest absolute Gasteiger partial charge is 0.481 e. The second-order valence-corrected chi connectivity index (χ2v) is 13.3. The fourth-order valence-corrected chi connectivity index (χ4v) is 2.33. The molecule has 0 saturated heterocycles. The first-order chi connectivity index (χ1) is 18.4. The molecule has 0 radical (unpaired) electrons. The number of hydrogen-bond donors (Lipinski definition) is 1. The molecule has 0 heterocycles. The Kier molecular flexibility index (Phi) is 28.5. The van der Waals surface area contributed by atoms with Crippen LogP contribution in [-0.2, 0) is 38.1 Å². The van der Waals surface area contributed by atoms with E-state index in [1.54, 1.807) is 0 Å². The number of carboxylic acid groups (broad SMARTS) is 1. The van der Waals surface area contributed by atoms with Gasteiger partial charge in [-0.1, -0.05) is 41.5 Å². The quantitative estimate of drug-likeness (QED) is 0.180. The van der Waals surface area contributed by atoms with Crippen molar-refractivity contribution in [3.8, 4) is 0 Å². The van der Waals surface area contributed by atoms with Gasteiger partial charge in [0.05, 0.1) is 13.2 Å². The zero-order valence-electron chi connectivity index (χ0n) is 29.0. The topological polar surface area (TPSA) is 125 Å². The summed E-state index contributed by atoms with van der Waals surface area (Å²) < 4.78 is 19.7. The van der Waals surface area contributed by atoms with Crippen LogP contribution in [0, 0.1) is 17.8 Å². The molecule has 0 aliphatic carbocycles. The third-order valence-corrected chi connectivity index (χ3v) is 4.39. The Labute approximate surface area is 251 Å². The molecular formula is C32H64O9. The van der Waals surface area contributed by atoms with Crippen molar-refractivity contribution in [2.45, 2.75) is 153 Å². The maximum absolute atomic E-state index is 11.1. The molecule has 9 nitrogen and oxygen atoms in total. The molecule has 246 valence electrons. The third kappa shape index (κ3) is 54.6. The molecule has 9 heteroatoms. The monoisotopic (exact) mass is 592 g/mol. The van der Waals surface area contributed by atoms with Gasteiger partial charge in [-0.15, -0.1) is 0 Å². The lowest BCUT2D eigenvalue weighted by molar-refractivity contribution is -0.161. The van der Waals surface area contributed by atoms with E-state index in [0.717, 1.165) is 19.3 Å². The summed E-state index contributed by atoms with van der Waals surface area (Å²) in [5.41, 5.74) is -0.758. The highest BCUT2D eigenvalue weighted by molar-refractivity contribution is 5.71. The lowest BCUT2D eigenvalue weighted by atomic mass is 10.1. The van der Waals surface area contributed by atoms with Crippen molar-refractivity contribution in [3.63, 3.8) is 0 Å². The average molecular weight is 593 g/mol. The smallest absolute Gasteiger partial charge is 0.332 e. The van der Waals surface area contributed by atoms with Gasteiger partial charge in [0.2, 0.25) is 0 Å². The Hall–Kier alpha value is -2.16. The van der Waals surface area contributed by atoms with E-state index in [0.29, 0.717) is 37.0 Å². The maximum Gasteiger partial charge on any atom is 0.332 e. The Morgan fingerprint density at radius 2 is 0.927 bits per heavy atom. The minimum absolute atomic E-state index is 0.0366. The number of esters is 3. The second kappa shape index (κ2) is 25.5. The molecule has 0 bridgehead atoms. The predicted molar refractivity (Wildman–Crippen MR) is 165 cm³/mol. The number of carbonyl (C=O) groups excluding carboxylic acids is 3. The minimum Gasteiger partial charge on any atom is -0.481 e. The molecule has 0 amide bonds. The fourth-order valence-electron chi connectivity index (χ4n) is 2.33. The van der Waals surface area contributed by atoms with Crippen molar-refractivity contribution in [2.24, 2.45) is 17.8 Å². The van der Waals surface area contributed by atoms with Crippen LogP contribution in [0.4, 0.5) is 0 Å². The van der Waals surface area contributed by atoms with E-state index in [1.807, 2.05) is 69.2 Å². The van der Waals surface area contributed by atoms with E-state index in [1.165, 1.54) is 7.11 Å². The summed E-state index contributed by atoms with van der Waals surface area (Å²) in [6, 6.07) is 0. The van der Waals surface area contributed by atoms with Crippen molar-refractivity contribution >= 4 is 23.9 Å². The molecule has 0 spiro atoms. The highest BCUT2D eigenvalue weighted by atomic mass is 16.6. The van der Waals surface area contributed by atoms with Crippen LogP contribution in [0.2, 0.25) is 0 Å². The molecule has 0 fully saturated rings. The van der Waals surface area contributed by atoms with Crippen LogP contribution in [0.3, 0.4) is 0 Å². The summed E-state index contributed by atoms with van der Waals surface area (Å²) >= 11 is 0. The van der Waals surface area contributed by atoms with E-state index in [-0.39, 0.29) is 36.2 Å². The molecule has 0 aliphatic rings. The highest BCUT2D eigenvalue weighted by Crippen LogP contribution is 2.11. The molecule has 0 aromatic heterocycles. The van der Waals surface area contributed by atoms with Gasteiger partial charge in [-0.25, -0.2) is 4.79 Å². The molecule has 0 saturated carbocycles. The fraction of sp³-hybridized carbons (Fsp3) is 0.875. The summed E-state index contributed by atoms with van der Waals surface area (Å²) in [7, 11) is 1.42. The van der Waals surface area contributed by atoms with Crippen LogP contribution >= 0.6 is 0 Å². The summed E-state index contributed by atoms with van der Waals surface area (Å²) in [4.78, 5) is 42.6. The zero-order chi connectivity index (χ0) is 33.4. The van der Waals surface area contributed by atoms with Crippen molar-refractivity contribution in [3.05, 3.63) is 0 Å². The van der Waals surface area contributed by atoms with Crippen LogP contribution in [0.1, 0.15) is 135 Å². The van der Waals surface area contributed by atoms with Gasteiger partial charge >= 0.3 is 23.9 Å². The van der Waals surface area contributed by atoms with Gasteiger partial charge in [-0.3, -0.25) is 14.4 Å². The molecule has 0 rings (SSSR count). The van der Waals surface area contributed by atoms with E-state index >= 15 is 0 Å². The summed E-state index contributed by atoms with van der Waals surface area (Å²) in [5.74, 6) is 0.461. The van der Waals surface area contributed by atoms with E-state index in [9.17, 15) is 19.2 Å². The van der Waals surface area contributed by atoms with Crippen LogP contribution < -0.4 is 0 Å². The van der Waals surface area contributed by atoms with Gasteiger partial charge in [0.25, 0.3) is 0 Å². The van der Waals surface area contributed by atoms with Crippen LogP contribution in [0.5, 0.6) is 0 Å². The van der Waals surface area contributed by atoms with Gasteiger partial charge in [-0.05, 0) is 92.4 Å². The molecular weight excluding hydrogens is 528 g/mol. The van der Waals surface area contributed by atoms with E-state index in [2.05, 4.69) is 32.4 Å². The number of ether oxygens (including phenoxy) is 4. The van der Waals surface area contributed by atoms with Crippen molar-refractivity contribution < 1.29 is 43.2 Å². The summed E-state index contributed by atoms with van der Waals surface area (Å²) in [6.07, 6.45) is 4.08. The Morgan fingerprint density at radius 3 is 1.20 bits per heavy atom. The molecule has 0 aromatic carbocycles. The first-order valence-electron chi connectivity index (χ1n) is 14.8. The van der Waals surface area contributed by atoms with Crippen molar-refractivity contribution in [1.82, 2.24) is 0 Å².